The predicted octanol–water partition coefficient (Wildman–Crippen LogP) is 1.46. The van der Waals surface area contributed by atoms with Gasteiger partial charge < -0.3 is 10.1 Å². The normalized spacial score (nSPS) is 19.4. The fourth-order valence-electron chi connectivity index (χ4n) is 2.96. The van der Waals surface area contributed by atoms with E-state index >= 15 is 0 Å². The molecule has 29 heavy (non-hydrogen) atoms. The van der Waals surface area contributed by atoms with Crippen molar-refractivity contribution in [3.8, 4) is 12.3 Å². The molecule has 0 saturated carbocycles. The molecule has 0 unspecified atom stereocenters. The Morgan fingerprint density at radius 1 is 1.52 bits per heavy atom. The second-order valence-electron chi connectivity index (χ2n) is 6.38. The number of benzene rings is 1. The number of nitrogens with zero attached hydrogens (tertiary/aromatic N) is 3. The first kappa shape index (κ1) is 20.9. The van der Waals surface area contributed by atoms with Crippen LogP contribution in [0.1, 0.15) is 0 Å². The maximum absolute atomic E-state index is 14.7. The summed E-state index contributed by atoms with van der Waals surface area (Å²) in [5, 5.41) is 4.18. The lowest BCUT2D eigenvalue weighted by molar-refractivity contribution is -0.449. The molecule has 2 heterocycles. The first-order valence-electron chi connectivity index (χ1n) is 8.77. The lowest BCUT2D eigenvalue weighted by Crippen LogP contribution is -2.47. The molecule has 11 heteroatoms. The molecule has 1 amide bonds. The Morgan fingerprint density at radius 2 is 2.31 bits per heavy atom. The molecular formula is C18H19F3N5O2S+. The minimum Gasteiger partial charge on any atom is -0.442 e. The third-order valence-corrected chi connectivity index (χ3v) is 4.74. The predicted molar refractivity (Wildman–Crippen MR) is 105 cm³/mol. The number of thiocarbonyl (C=S) groups is 1. The molecule has 0 spiro atoms. The number of hydrogen-bond acceptors (Lipinski definition) is 5. The number of carbonyl (C=O) groups excluding carboxylic acids is 1. The van der Waals surface area contributed by atoms with Crippen molar-refractivity contribution in [1.29, 1.82) is 0 Å². The maximum Gasteiger partial charge on any atom is 0.414 e. The van der Waals surface area contributed by atoms with Crippen LogP contribution in [-0.4, -0.2) is 72.3 Å². The van der Waals surface area contributed by atoms with E-state index < -0.39 is 29.4 Å². The van der Waals surface area contributed by atoms with Crippen molar-refractivity contribution >= 4 is 41.0 Å². The highest BCUT2D eigenvalue weighted by atomic mass is 32.1. The molecule has 1 atom stereocenters. The highest BCUT2D eigenvalue weighted by Gasteiger charge is 2.33. The van der Waals surface area contributed by atoms with Gasteiger partial charge in [0.1, 0.15) is 17.6 Å². The molecule has 0 aliphatic carbocycles. The molecule has 0 radical (unpaired) electrons. The fourth-order valence-corrected chi connectivity index (χ4v) is 3.04. The van der Waals surface area contributed by atoms with Crippen LogP contribution in [0.15, 0.2) is 18.2 Å². The standard InChI is InChI=1S/C18H18F3N5O2S/c1-2-5-25-7-6-24(11-23-25)15-4-3-12(8-14(15)19)26-10-13(28-18(26)27)9-22-17(29)16(20)21/h1,3-4,8,11,13,16H,5-7,9-10H2,(H,22,29)/p+1/t13-/m0/s1. The Hall–Kier alpha value is -2.84. The lowest BCUT2D eigenvalue weighted by atomic mass is 10.2. The van der Waals surface area contributed by atoms with Gasteiger partial charge in [-0.15, -0.1) is 11.4 Å². The Balaban J connectivity index is 1.65. The van der Waals surface area contributed by atoms with Crippen molar-refractivity contribution in [2.45, 2.75) is 12.5 Å². The molecule has 1 fully saturated rings. The summed E-state index contributed by atoms with van der Waals surface area (Å²) >= 11 is 4.49. The molecule has 1 aromatic rings. The van der Waals surface area contributed by atoms with Crippen LogP contribution in [0.2, 0.25) is 0 Å². The maximum atomic E-state index is 14.7. The number of hydrogen-bond donors (Lipinski definition) is 2. The van der Waals surface area contributed by atoms with E-state index in [1.807, 2.05) is 5.01 Å². The number of carbonyl (C=O) groups is 1. The van der Waals surface area contributed by atoms with E-state index in [2.05, 4.69) is 28.9 Å². The summed E-state index contributed by atoms with van der Waals surface area (Å²) in [4.78, 5) is 12.7. The number of rotatable bonds is 6. The fraction of sp³-hybridized carbons (Fsp3) is 0.389. The van der Waals surface area contributed by atoms with Gasteiger partial charge in [-0.3, -0.25) is 4.90 Å². The molecule has 1 saturated heterocycles. The van der Waals surface area contributed by atoms with Gasteiger partial charge >= 0.3 is 6.09 Å². The summed E-state index contributed by atoms with van der Waals surface area (Å²) in [6, 6.07) is 4.39. The van der Waals surface area contributed by atoms with Crippen LogP contribution in [0.3, 0.4) is 0 Å². The van der Waals surface area contributed by atoms with Crippen LogP contribution in [0.25, 0.3) is 0 Å². The Kier molecular flexibility index (Phi) is 6.56. The van der Waals surface area contributed by atoms with Gasteiger partial charge in [-0.05, 0) is 12.1 Å². The molecule has 2 N–H and O–H groups in total. The van der Waals surface area contributed by atoms with Gasteiger partial charge in [-0.2, -0.15) is 5.43 Å². The van der Waals surface area contributed by atoms with E-state index in [0.717, 1.165) is 0 Å². The van der Waals surface area contributed by atoms with Crippen molar-refractivity contribution < 1.29 is 27.3 Å². The molecular weight excluding hydrogens is 407 g/mol. The van der Waals surface area contributed by atoms with E-state index in [9.17, 15) is 18.0 Å². The van der Waals surface area contributed by atoms with E-state index in [-0.39, 0.29) is 13.1 Å². The van der Waals surface area contributed by atoms with Crippen LogP contribution >= 0.6 is 12.2 Å². The minimum absolute atomic E-state index is 0.0471. The largest absolute Gasteiger partial charge is 0.442 e. The number of alkyl halides is 2. The highest BCUT2D eigenvalue weighted by Crippen LogP contribution is 2.27. The number of cyclic esters (lactones) is 1. The lowest BCUT2D eigenvalue weighted by Gasteiger charge is -2.21. The van der Waals surface area contributed by atoms with Crippen molar-refractivity contribution in [3.05, 3.63) is 24.0 Å². The van der Waals surface area contributed by atoms with Crippen LogP contribution in [0.5, 0.6) is 0 Å². The summed E-state index contributed by atoms with van der Waals surface area (Å²) in [6.45, 7) is 1.62. The van der Waals surface area contributed by atoms with Gasteiger partial charge in [0.05, 0.1) is 31.9 Å². The van der Waals surface area contributed by atoms with Gasteiger partial charge in [-0.25, -0.2) is 22.5 Å². The number of halogens is 3. The van der Waals surface area contributed by atoms with Crippen LogP contribution in [-0.2, 0) is 4.74 Å². The molecule has 154 valence electrons. The zero-order valence-electron chi connectivity index (χ0n) is 15.3. The van der Waals surface area contributed by atoms with Gasteiger partial charge in [0.25, 0.3) is 12.8 Å². The Labute approximate surface area is 171 Å². The van der Waals surface area contributed by atoms with Crippen LogP contribution in [0.4, 0.5) is 29.3 Å². The summed E-state index contributed by atoms with van der Waals surface area (Å²) in [5.74, 6) is 2.01. The van der Waals surface area contributed by atoms with Crippen molar-refractivity contribution in [3.63, 3.8) is 0 Å². The number of hydrazine groups is 1. The zero-order valence-corrected chi connectivity index (χ0v) is 16.1. The Bertz CT molecular complexity index is 874. The molecule has 2 aliphatic heterocycles. The molecule has 2 aliphatic rings. The number of ether oxygens (including phenoxy) is 1. The van der Waals surface area contributed by atoms with Crippen LogP contribution in [0, 0.1) is 18.2 Å². The van der Waals surface area contributed by atoms with Crippen molar-refractivity contribution in [2.75, 3.05) is 37.6 Å². The van der Waals surface area contributed by atoms with E-state index in [1.54, 1.807) is 23.0 Å². The minimum atomic E-state index is -2.78. The topological polar surface area (TPSA) is 59.9 Å². The quantitative estimate of drug-likeness (QED) is 0.408. The summed E-state index contributed by atoms with van der Waals surface area (Å²) in [6.07, 6.45) is 2.76. The summed E-state index contributed by atoms with van der Waals surface area (Å²) in [5.41, 5.74) is 3.64. The average Bonchev–Trinajstić information content (AvgIpc) is 3.07. The highest BCUT2D eigenvalue weighted by molar-refractivity contribution is 7.80. The number of amides is 1. The van der Waals surface area contributed by atoms with E-state index in [0.29, 0.717) is 31.0 Å². The first-order chi connectivity index (χ1) is 13.9. The summed E-state index contributed by atoms with van der Waals surface area (Å²) in [7, 11) is 0. The monoisotopic (exact) mass is 426 g/mol. The number of terminal acetylenes is 1. The van der Waals surface area contributed by atoms with Gasteiger partial charge in [0.2, 0.25) is 0 Å². The third kappa shape index (κ3) is 4.96. The average molecular weight is 426 g/mol. The molecule has 0 bridgehead atoms. The Morgan fingerprint density at radius 3 is 2.93 bits per heavy atom. The van der Waals surface area contributed by atoms with Gasteiger partial charge in [0.15, 0.2) is 11.5 Å². The van der Waals surface area contributed by atoms with Gasteiger partial charge in [-0.1, -0.05) is 18.1 Å². The molecule has 7 nitrogen and oxygen atoms in total. The number of nitrogens with one attached hydrogen (secondary N) is 2. The number of anilines is 1. The second kappa shape index (κ2) is 9.11. The summed E-state index contributed by atoms with van der Waals surface area (Å²) < 4.78 is 46.4. The van der Waals surface area contributed by atoms with Crippen molar-refractivity contribution in [2.24, 2.45) is 0 Å². The van der Waals surface area contributed by atoms with E-state index in [4.69, 9.17) is 11.2 Å². The van der Waals surface area contributed by atoms with Crippen LogP contribution < -0.4 is 15.6 Å². The van der Waals surface area contributed by atoms with E-state index in [1.165, 1.54) is 11.0 Å². The second-order valence-corrected chi connectivity index (χ2v) is 6.82. The van der Waals surface area contributed by atoms with Crippen molar-refractivity contribution in [1.82, 2.24) is 15.8 Å². The smallest absolute Gasteiger partial charge is 0.414 e. The molecule has 1 aromatic carbocycles. The molecule has 3 rings (SSSR count). The third-order valence-electron chi connectivity index (χ3n) is 4.42. The molecule has 0 aromatic heterocycles. The zero-order chi connectivity index (χ0) is 21.0. The SMILES string of the molecule is C#CCN1CC[N+](c2ccc(N3C[C@H](CNC(=S)C(F)F)OC3=O)cc2F)=CN1. The van der Waals surface area contributed by atoms with Gasteiger partial charge in [0, 0.05) is 6.07 Å². The first-order valence-corrected chi connectivity index (χ1v) is 9.18.